The Hall–Kier alpha value is -2.04. The van der Waals surface area contributed by atoms with E-state index in [1.165, 1.54) is 12.8 Å². The van der Waals surface area contributed by atoms with E-state index in [0.29, 0.717) is 11.9 Å². The van der Waals surface area contributed by atoms with Crippen molar-refractivity contribution in [1.82, 2.24) is 4.98 Å². The number of oxazole rings is 1. The molecule has 25 heavy (non-hydrogen) atoms. The largest absolute Gasteiger partial charge is 0.462 e. The van der Waals surface area contributed by atoms with Gasteiger partial charge in [-0.2, -0.15) is 4.98 Å². The third-order valence-corrected chi connectivity index (χ3v) is 5.55. The zero-order valence-electron chi connectivity index (χ0n) is 14.8. The van der Waals surface area contributed by atoms with Crippen molar-refractivity contribution in [3.05, 3.63) is 24.3 Å². The van der Waals surface area contributed by atoms with Crippen molar-refractivity contribution in [2.24, 2.45) is 11.8 Å². The smallest absolute Gasteiger partial charge is 0.309 e. The molecule has 1 aliphatic carbocycles. The van der Waals surface area contributed by atoms with Crippen molar-refractivity contribution in [2.45, 2.75) is 51.6 Å². The van der Waals surface area contributed by atoms with Crippen molar-refractivity contribution < 1.29 is 13.9 Å². The van der Waals surface area contributed by atoms with Crippen LogP contribution in [0.1, 0.15) is 45.4 Å². The van der Waals surface area contributed by atoms with E-state index >= 15 is 0 Å². The quantitative estimate of drug-likeness (QED) is 0.784. The van der Waals surface area contributed by atoms with Crippen LogP contribution in [0.2, 0.25) is 0 Å². The molecule has 2 heterocycles. The number of ether oxygens (including phenoxy) is 1. The highest BCUT2D eigenvalue weighted by Gasteiger charge is 2.30. The van der Waals surface area contributed by atoms with Gasteiger partial charge in [-0.3, -0.25) is 4.79 Å². The van der Waals surface area contributed by atoms with Crippen LogP contribution in [-0.4, -0.2) is 30.1 Å². The Morgan fingerprint density at radius 1 is 1.20 bits per heavy atom. The van der Waals surface area contributed by atoms with E-state index in [-0.39, 0.29) is 18.0 Å². The number of carbonyl (C=O) groups excluding carboxylic acids is 1. The summed E-state index contributed by atoms with van der Waals surface area (Å²) in [6.45, 7) is 3.82. The van der Waals surface area contributed by atoms with Gasteiger partial charge in [0.1, 0.15) is 11.6 Å². The molecular weight excluding hydrogens is 316 g/mol. The number of rotatable bonds is 3. The van der Waals surface area contributed by atoms with E-state index in [1.807, 2.05) is 24.3 Å². The summed E-state index contributed by atoms with van der Waals surface area (Å²) in [7, 11) is 0. The molecule has 1 saturated carbocycles. The molecular formula is C20H26N2O3. The zero-order chi connectivity index (χ0) is 17.2. The number of nitrogens with zero attached hydrogens (tertiary/aromatic N) is 2. The molecule has 2 atom stereocenters. The average Bonchev–Trinajstić information content (AvgIpc) is 3.06. The van der Waals surface area contributed by atoms with Gasteiger partial charge in [-0.1, -0.05) is 25.5 Å². The Balaban J connectivity index is 1.32. The number of hydrogen-bond donors (Lipinski definition) is 0. The van der Waals surface area contributed by atoms with E-state index in [2.05, 4.69) is 16.8 Å². The third kappa shape index (κ3) is 3.65. The second-order valence-electron chi connectivity index (χ2n) is 7.56. The van der Waals surface area contributed by atoms with Gasteiger partial charge in [-0.05, 0) is 50.2 Å². The second-order valence-corrected chi connectivity index (χ2v) is 7.56. The molecule has 1 aromatic carbocycles. The van der Waals surface area contributed by atoms with Crippen molar-refractivity contribution >= 4 is 23.1 Å². The van der Waals surface area contributed by atoms with Crippen molar-refractivity contribution in [3.63, 3.8) is 0 Å². The summed E-state index contributed by atoms with van der Waals surface area (Å²) < 4.78 is 11.6. The average molecular weight is 342 g/mol. The number of aromatic nitrogens is 1. The topological polar surface area (TPSA) is 55.6 Å². The molecule has 2 unspecified atom stereocenters. The SMILES string of the molecule is CC1CCCC(OC(=O)C2CCN(c3nc4ccccc4o3)CC2)C1. The van der Waals surface area contributed by atoms with Gasteiger partial charge < -0.3 is 14.1 Å². The van der Waals surface area contributed by atoms with Crippen LogP contribution in [0.15, 0.2) is 28.7 Å². The summed E-state index contributed by atoms with van der Waals surface area (Å²) >= 11 is 0. The Morgan fingerprint density at radius 3 is 2.76 bits per heavy atom. The normalized spacial score (nSPS) is 25.2. The highest BCUT2D eigenvalue weighted by atomic mass is 16.5. The number of hydrogen-bond acceptors (Lipinski definition) is 5. The maximum Gasteiger partial charge on any atom is 0.309 e. The zero-order valence-corrected chi connectivity index (χ0v) is 14.8. The number of carbonyl (C=O) groups is 1. The molecule has 1 aliphatic heterocycles. The molecule has 4 rings (SSSR count). The lowest BCUT2D eigenvalue weighted by molar-refractivity contribution is -0.157. The lowest BCUT2D eigenvalue weighted by Crippen LogP contribution is -2.38. The number of piperidine rings is 1. The van der Waals surface area contributed by atoms with E-state index in [9.17, 15) is 4.79 Å². The van der Waals surface area contributed by atoms with Gasteiger partial charge in [0.25, 0.3) is 6.01 Å². The molecule has 5 nitrogen and oxygen atoms in total. The molecule has 2 aromatic rings. The molecule has 0 spiro atoms. The fraction of sp³-hybridized carbons (Fsp3) is 0.600. The molecule has 0 amide bonds. The Kier molecular flexibility index (Phi) is 4.64. The van der Waals surface area contributed by atoms with Gasteiger partial charge >= 0.3 is 5.97 Å². The van der Waals surface area contributed by atoms with Crippen molar-refractivity contribution in [1.29, 1.82) is 0 Å². The Labute approximate surface area is 148 Å². The number of esters is 1. The van der Waals surface area contributed by atoms with Crippen LogP contribution in [0.4, 0.5) is 6.01 Å². The number of fused-ring (bicyclic) bond motifs is 1. The minimum absolute atomic E-state index is 0.00341. The van der Waals surface area contributed by atoms with Crippen LogP contribution in [0.5, 0.6) is 0 Å². The molecule has 0 N–H and O–H groups in total. The number of benzene rings is 1. The number of anilines is 1. The minimum atomic E-state index is -0.00341. The lowest BCUT2D eigenvalue weighted by atomic mass is 9.88. The maximum absolute atomic E-state index is 12.5. The molecule has 0 bridgehead atoms. The van der Waals surface area contributed by atoms with E-state index < -0.39 is 0 Å². The fourth-order valence-corrected chi connectivity index (χ4v) is 4.05. The summed E-state index contributed by atoms with van der Waals surface area (Å²) in [4.78, 5) is 19.2. The van der Waals surface area contributed by atoms with Crippen LogP contribution in [0, 0.1) is 11.8 Å². The first kappa shape index (κ1) is 16.4. The van der Waals surface area contributed by atoms with Gasteiger partial charge in [0.2, 0.25) is 0 Å². The summed E-state index contributed by atoms with van der Waals surface area (Å²) in [6, 6.07) is 8.46. The van der Waals surface area contributed by atoms with Crippen LogP contribution in [0.3, 0.4) is 0 Å². The highest BCUT2D eigenvalue weighted by molar-refractivity contribution is 5.75. The lowest BCUT2D eigenvalue weighted by Gasteiger charge is -2.32. The predicted octanol–water partition coefficient (Wildman–Crippen LogP) is 4.17. The highest BCUT2D eigenvalue weighted by Crippen LogP contribution is 2.29. The van der Waals surface area contributed by atoms with Gasteiger partial charge in [0, 0.05) is 13.1 Å². The first-order valence-corrected chi connectivity index (χ1v) is 9.50. The maximum atomic E-state index is 12.5. The fourth-order valence-electron chi connectivity index (χ4n) is 4.05. The summed E-state index contributed by atoms with van der Waals surface area (Å²) in [5.74, 6) is 0.682. The van der Waals surface area contributed by atoms with Crippen LogP contribution >= 0.6 is 0 Å². The van der Waals surface area contributed by atoms with E-state index in [0.717, 1.165) is 49.9 Å². The molecule has 2 fully saturated rings. The third-order valence-electron chi connectivity index (χ3n) is 5.55. The first-order chi connectivity index (χ1) is 12.2. The van der Waals surface area contributed by atoms with Gasteiger partial charge in [0.15, 0.2) is 5.58 Å². The molecule has 5 heteroatoms. The first-order valence-electron chi connectivity index (χ1n) is 9.50. The Bertz CT molecular complexity index is 700. The van der Waals surface area contributed by atoms with E-state index in [1.54, 1.807) is 0 Å². The second kappa shape index (κ2) is 7.06. The monoisotopic (exact) mass is 342 g/mol. The van der Waals surface area contributed by atoms with E-state index in [4.69, 9.17) is 9.15 Å². The van der Waals surface area contributed by atoms with Gasteiger partial charge in [-0.15, -0.1) is 0 Å². The summed E-state index contributed by atoms with van der Waals surface area (Å²) in [5, 5.41) is 0. The molecule has 1 saturated heterocycles. The summed E-state index contributed by atoms with van der Waals surface area (Å²) in [5.41, 5.74) is 1.69. The van der Waals surface area contributed by atoms with Gasteiger partial charge in [0.05, 0.1) is 5.92 Å². The van der Waals surface area contributed by atoms with Crippen molar-refractivity contribution in [2.75, 3.05) is 18.0 Å². The predicted molar refractivity (Wildman–Crippen MR) is 96.5 cm³/mol. The Morgan fingerprint density at radius 2 is 2.00 bits per heavy atom. The van der Waals surface area contributed by atoms with Crippen LogP contribution in [0.25, 0.3) is 11.1 Å². The molecule has 134 valence electrons. The van der Waals surface area contributed by atoms with Crippen molar-refractivity contribution in [3.8, 4) is 0 Å². The molecule has 0 radical (unpaired) electrons. The van der Waals surface area contributed by atoms with Crippen LogP contribution < -0.4 is 4.90 Å². The minimum Gasteiger partial charge on any atom is -0.462 e. The number of para-hydroxylation sites is 2. The summed E-state index contributed by atoms with van der Waals surface area (Å²) in [6.07, 6.45) is 6.23. The molecule has 2 aliphatic rings. The standard InChI is InChI=1S/C20H26N2O3/c1-14-5-4-6-16(13-14)24-19(23)15-9-11-22(12-10-15)20-21-17-7-2-3-8-18(17)25-20/h2-3,7-8,14-16H,4-6,9-13H2,1H3. The van der Waals surface area contributed by atoms with Crippen LogP contribution in [-0.2, 0) is 9.53 Å². The van der Waals surface area contributed by atoms with Gasteiger partial charge in [-0.25, -0.2) is 0 Å². The molecule has 1 aromatic heterocycles.